The van der Waals surface area contributed by atoms with Gasteiger partial charge in [-0.3, -0.25) is 4.72 Å². The lowest BCUT2D eigenvalue weighted by molar-refractivity contribution is 0.600. The van der Waals surface area contributed by atoms with Crippen LogP contribution in [0.15, 0.2) is 41.4 Å². The number of aromatic nitrogens is 1. The van der Waals surface area contributed by atoms with Crippen LogP contribution in [0, 0.1) is 22.7 Å². The van der Waals surface area contributed by atoms with Gasteiger partial charge in [-0.05, 0) is 30.3 Å². The summed E-state index contributed by atoms with van der Waals surface area (Å²) >= 11 is 0. The van der Waals surface area contributed by atoms with Gasteiger partial charge in [-0.1, -0.05) is 0 Å². The van der Waals surface area contributed by atoms with Crippen molar-refractivity contribution in [2.24, 2.45) is 0 Å². The molecule has 1 heterocycles. The molecule has 3 N–H and O–H groups in total. The maximum atomic E-state index is 12.3. The smallest absolute Gasteiger partial charge is 0.264 e. The molecule has 7 nitrogen and oxygen atoms in total. The molecule has 2 rings (SSSR count). The fraction of sp³-hybridized carbons (Fsp3) is 0. The third-order valence-corrected chi connectivity index (χ3v) is 3.99. The van der Waals surface area contributed by atoms with E-state index in [1.807, 2.05) is 6.07 Å². The molecule has 0 radical (unpaired) electrons. The van der Waals surface area contributed by atoms with Gasteiger partial charge in [0.2, 0.25) is 0 Å². The van der Waals surface area contributed by atoms with Crippen LogP contribution in [0.2, 0.25) is 0 Å². The first-order valence-electron chi connectivity index (χ1n) is 5.65. The minimum atomic E-state index is -4.00. The normalized spacial score (nSPS) is 10.4. The molecule has 0 spiro atoms. The minimum absolute atomic E-state index is 0.111. The highest BCUT2D eigenvalue weighted by atomic mass is 32.2. The SMILES string of the molecule is N#Cc1ccc(NS(=O)(=O)c2cccnc2C#N)c(N)c1. The van der Waals surface area contributed by atoms with E-state index >= 15 is 0 Å². The zero-order valence-corrected chi connectivity index (χ0v) is 11.4. The molecule has 0 fully saturated rings. The van der Waals surface area contributed by atoms with Gasteiger partial charge >= 0.3 is 0 Å². The molecular weight excluding hydrogens is 290 g/mol. The summed E-state index contributed by atoms with van der Waals surface area (Å²) in [5, 5.41) is 17.6. The Balaban J connectivity index is 2.44. The first kappa shape index (κ1) is 14.3. The molecule has 0 aliphatic carbocycles. The number of sulfonamides is 1. The monoisotopic (exact) mass is 299 g/mol. The van der Waals surface area contributed by atoms with Gasteiger partial charge in [0, 0.05) is 6.20 Å². The zero-order chi connectivity index (χ0) is 15.5. The molecule has 0 bridgehead atoms. The van der Waals surface area contributed by atoms with Crippen molar-refractivity contribution in [3.63, 3.8) is 0 Å². The fourth-order valence-electron chi connectivity index (χ4n) is 1.62. The number of pyridine rings is 1. The Labute approximate surface area is 121 Å². The van der Waals surface area contributed by atoms with E-state index in [1.54, 1.807) is 6.07 Å². The first-order valence-corrected chi connectivity index (χ1v) is 7.14. The number of nitriles is 2. The van der Waals surface area contributed by atoms with Crippen molar-refractivity contribution < 1.29 is 8.42 Å². The van der Waals surface area contributed by atoms with Crippen molar-refractivity contribution >= 4 is 21.4 Å². The summed E-state index contributed by atoms with van der Waals surface area (Å²) in [7, 11) is -4.00. The Morgan fingerprint density at radius 1 is 1.19 bits per heavy atom. The van der Waals surface area contributed by atoms with Crippen molar-refractivity contribution in [3.05, 3.63) is 47.8 Å². The average molecular weight is 299 g/mol. The minimum Gasteiger partial charge on any atom is -0.397 e. The van der Waals surface area contributed by atoms with Crippen LogP contribution in [0.5, 0.6) is 0 Å². The number of nitrogens with one attached hydrogen (secondary N) is 1. The second kappa shape index (κ2) is 5.49. The number of nitrogen functional groups attached to an aromatic ring is 1. The molecule has 0 unspecified atom stereocenters. The number of rotatable bonds is 3. The summed E-state index contributed by atoms with van der Waals surface area (Å²) in [4.78, 5) is 3.46. The van der Waals surface area contributed by atoms with Gasteiger partial charge < -0.3 is 5.73 Å². The number of nitrogens with zero attached hydrogens (tertiary/aromatic N) is 3. The van der Waals surface area contributed by atoms with Crippen molar-refractivity contribution in [2.45, 2.75) is 4.90 Å². The molecule has 21 heavy (non-hydrogen) atoms. The van der Waals surface area contributed by atoms with Crippen LogP contribution >= 0.6 is 0 Å². The quantitative estimate of drug-likeness (QED) is 0.818. The average Bonchev–Trinajstić information content (AvgIpc) is 2.49. The molecule has 2 aromatic rings. The highest BCUT2D eigenvalue weighted by Crippen LogP contribution is 2.23. The number of anilines is 2. The molecule has 0 aliphatic heterocycles. The van der Waals surface area contributed by atoms with E-state index < -0.39 is 10.0 Å². The molecule has 0 aliphatic rings. The molecule has 104 valence electrons. The van der Waals surface area contributed by atoms with Gasteiger partial charge in [-0.15, -0.1) is 0 Å². The van der Waals surface area contributed by atoms with E-state index in [4.69, 9.17) is 16.3 Å². The zero-order valence-electron chi connectivity index (χ0n) is 10.6. The Hall–Kier alpha value is -3.10. The molecule has 1 aromatic heterocycles. The van der Waals surface area contributed by atoms with E-state index in [-0.39, 0.29) is 22.0 Å². The van der Waals surface area contributed by atoms with Crippen molar-refractivity contribution in [1.29, 1.82) is 10.5 Å². The Morgan fingerprint density at radius 3 is 2.57 bits per heavy atom. The topological polar surface area (TPSA) is 133 Å². The predicted molar refractivity (Wildman–Crippen MR) is 75.3 cm³/mol. The van der Waals surface area contributed by atoms with Gasteiger partial charge in [0.15, 0.2) is 5.69 Å². The Morgan fingerprint density at radius 2 is 1.95 bits per heavy atom. The van der Waals surface area contributed by atoms with E-state index in [9.17, 15) is 8.42 Å². The lowest BCUT2D eigenvalue weighted by Gasteiger charge is -2.10. The van der Waals surface area contributed by atoms with Crippen LogP contribution in [0.1, 0.15) is 11.3 Å². The summed E-state index contributed by atoms with van der Waals surface area (Å²) < 4.78 is 26.8. The number of hydrogen-bond donors (Lipinski definition) is 2. The van der Waals surface area contributed by atoms with Crippen LogP contribution in [0.25, 0.3) is 0 Å². The number of benzene rings is 1. The van der Waals surface area contributed by atoms with E-state index in [1.165, 1.54) is 36.5 Å². The van der Waals surface area contributed by atoms with Gasteiger partial charge in [-0.25, -0.2) is 13.4 Å². The standard InChI is InChI=1S/C13H9N5O2S/c14-7-9-3-4-11(10(16)6-9)18-21(19,20)13-2-1-5-17-12(13)8-15/h1-6,18H,16H2. The first-order chi connectivity index (χ1) is 9.97. The maximum Gasteiger partial charge on any atom is 0.264 e. The number of nitrogens with two attached hydrogens (primary N) is 1. The van der Waals surface area contributed by atoms with E-state index in [0.717, 1.165) is 0 Å². The molecule has 0 amide bonds. The van der Waals surface area contributed by atoms with E-state index in [2.05, 4.69) is 9.71 Å². The van der Waals surface area contributed by atoms with Crippen LogP contribution in [0.3, 0.4) is 0 Å². The lowest BCUT2D eigenvalue weighted by atomic mass is 10.2. The lowest BCUT2D eigenvalue weighted by Crippen LogP contribution is -2.16. The number of hydrogen-bond acceptors (Lipinski definition) is 6. The van der Waals surface area contributed by atoms with Crippen molar-refractivity contribution in [2.75, 3.05) is 10.5 Å². The summed E-state index contributed by atoms with van der Waals surface area (Å²) in [6.07, 6.45) is 1.33. The van der Waals surface area contributed by atoms with Crippen LogP contribution in [-0.2, 0) is 10.0 Å². The molecule has 0 atom stereocenters. The predicted octanol–water partition coefficient (Wildman–Crippen LogP) is 1.21. The second-order valence-corrected chi connectivity index (χ2v) is 5.63. The third-order valence-electron chi connectivity index (χ3n) is 2.59. The Kier molecular flexibility index (Phi) is 3.74. The van der Waals surface area contributed by atoms with Gasteiger partial charge in [0.05, 0.1) is 23.0 Å². The molecule has 8 heteroatoms. The largest absolute Gasteiger partial charge is 0.397 e. The molecular formula is C13H9N5O2S. The van der Waals surface area contributed by atoms with Gasteiger partial charge in [-0.2, -0.15) is 10.5 Å². The third kappa shape index (κ3) is 2.91. The summed E-state index contributed by atoms with van der Waals surface area (Å²) in [6.45, 7) is 0. The maximum absolute atomic E-state index is 12.3. The summed E-state index contributed by atoms with van der Waals surface area (Å²) in [5.41, 5.74) is 6.04. The highest BCUT2D eigenvalue weighted by molar-refractivity contribution is 7.92. The van der Waals surface area contributed by atoms with Crippen LogP contribution in [-0.4, -0.2) is 13.4 Å². The molecule has 0 saturated carbocycles. The van der Waals surface area contributed by atoms with Crippen LogP contribution < -0.4 is 10.5 Å². The fourth-order valence-corrected chi connectivity index (χ4v) is 2.81. The van der Waals surface area contributed by atoms with E-state index in [0.29, 0.717) is 5.56 Å². The van der Waals surface area contributed by atoms with Crippen molar-refractivity contribution in [1.82, 2.24) is 4.98 Å². The van der Waals surface area contributed by atoms with Crippen LogP contribution in [0.4, 0.5) is 11.4 Å². The van der Waals surface area contributed by atoms with Crippen molar-refractivity contribution in [3.8, 4) is 12.1 Å². The second-order valence-electron chi connectivity index (χ2n) is 3.98. The Bertz CT molecular complexity index is 878. The molecule has 0 saturated heterocycles. The van der Waals surface area contributed by atoms with Gasteiger partial charge in [0.25, 0.3) is 10.0 Å². The molecule has 1 aromatic carbocycles. The highest BCUT2D eigenvalue weighted by Gasteiger charge is 2.20. The van der Waals surface area contributed by atoms with Gasteiger partial charge in [0.1, 0.15) is 11.0 Å². The summed E-state index contributed by atoms with van der Waals surface area (Å²) in [6, 6.07) is 10.5. The summed E-state index contributed by atoms with van der Waals surface area (Å²) in [5.74, 6) is 0.